The van der Waals surface area contributed by atoms with Crippen LogP contribution in [0.3, 0.4) is 0 Å². The van der Waals surface area contributed by atoms with E-state index in [4.69, 9.17) is 16.3 Å². The number of aliphatic hydroxyl groups is 1. The van der Waals surface area contributed by atoms with Crippen LogP contribution in [0.1, 0.15) is 5.69 Å². The monoisotopic (exact) mass is 280 g/mol. The van der Waals surface area contributed by atoms with Gasteiger partial charge in [0.1, 0.15) is 11.4 Å². The van der Waals surface area contributed by atoms with Crippen molar-refractivity contribution in [2.75, 3.05) is 0 Å². The summed E-state index contributed by atoms with van der Waals surface area (Å²) in [4.78, 5) is 5.11. The van der Waals surface area contributed by atoms with Crippen molar-refractivity contribution in [2.45, 2.75) is 6.61 Å². The third kappa shape index (κ3) is 1.96. The highest BCUT2D eigenvalue weighted by molar-refractivity contribution is 7.15. The Balaban J connectivity index is 2.01. The van der Waals surface area contributed by atoms with Crippen LogP contribution in [0.2, 0.25) is 5.02 Å². The summed E-state index contributed by atoms with van der Waals surface area (Å²) in [6.45, 7) is -0.131. The van der Waals surface area contributed by atoms with Gasteiger partial charge in [-0.1, -0.05) is 17.7 Å². The number of ether oxygens (including phenoxy) is 1. The standard InChI is InChI=1S/C12H9ClN2O2S/c13-8-2-1-3-9(6-8)17-11-10(7-16)15-4-5-18-12(15)14-11/h1-6,16H,7H2. The zero-order chi connectivity index (χ0) is 12.5. The molecule has 0 spiro atoms. The molecule has 0 amide bonds. The van der Waals surface area contributed by atoms with Crippen LogP contribution in [0.5, 0.6) is 11.6 Å². The Labute approximate surface area is 112 Å². The van der Waals surface area contributed by atoms with E-state index in [1.165, 1.54) is 11.3 Å². The van der Waals surface area contributed by atoms with Crippen LogP contribution < -0.4 is 4.74 Å². The van der Waals surface area contributed by atoms with Gasteiger partial charge < -0.3 is 9.84 Å². The van der Waals surface area contributed by atoms with Gasteiger partial charge in [0.25, 0.3) is 0 Å². The van der Waals surface area contributed by atoms with Crippen LogP contribution in [-0.2, 0) is 6.61 Å². The molecule has 1 aromatic carbocycles. The van der Waals surface area contributed by atoms with Crippen LogP contribution in [0.25, 0.3) is 4.96 Å². The summed E-state index contributed by atoms with van der Waals surface area (Å²) in [6.07, 6.45) is 1.85. The summed E-state index contributed by atoms with van der Waals surface area (Å²) >= 11 is 7.38. The highest BCUT2D eigenvalue weighted by atomic mass is 35.5. The van der Waals surface area contributed by atoms with E-state index in [-0.39, 0.29) is 6.61 Å². The van der Waals surface area contributed by atoms with Gasteiger partial charge in [-0.15, -0.1) is 11.3 Å². The zero-order valence-electron chi connectivity index (χ0n) is 9.21. The summed E-state index contributed by atoms with van der Waals surface area (Å²) in [7, 11) is 0. The summed E-state index contributed by atoms with van der Waals surface area (Å²) in [5.74, 6) is 1.01. The van der Waals surface area contributed by atoms with E-state index in [1.807, 2.05) is 16.0 Å². The Bertz CT molecular complexity index is 692. The molecule has 0 saturated heterocycles. The molecule has 0 radical (unpaired) electrons. The van der Waals surface area contributed by atoms with Crippen molar-refractivity contribution in [3.63, 3.8) is 0 Å². The predicted molar refractivity (Wildman–Crippen MR) is 70.5 cm³/mol. The van der Waals surface area contributed by atoms with Crippen molar-refractivity contribution in [1.29, 1.82) is 0 Å². The maximum absolute atomic E-state index is 9.39. The molecule has 0 aliphatic rings. The predicted octanol–water partition coefficient (Wildman–Crippen LogP) is 3.33. The first-order valence-corrected chi connectivity index (χ1v) is 6.52. The Morgan fingerprint density at radius 2 is 2.33 bits per heavy atom. The van der Waals surface area contributed by atoms with Crippen molar-refractivity contribution in [2.24, 2.45) is 0 Å². The second kappa shape index (κ2) is 4.61. The number of benzene rings is 1. The first-order chi connectivity index (χ1) is 8.78. The molecule has 4 nitrogen and oxygen atoms in total. The minimum atomic E-state index is -0.131. The third-order valence-corrected chi connectivity index (χ3v) is 3.48. The van der Waals surface area contributed by atoms with Crippen LogP contribution in [-0.4, -0.2) is 14.5 Å². The average molecular weight is 281 g/mol. The molecule has 0 aliphatic carbocycles. The van der Waals surface area contributed by atoms with Crippen molar-refractivity contribution in [1.82, 2.24) is 9.38 Å². The highest BCUT2D eigenvalue weighted by Crippen LogP contribution is 2.28. The second-order valence-electron chi connectivity index (χ2n) is 3.64. The van der Waals surface area contributed by atoms with E-state index in [1.54, 1.807) is 24.3 Å². The summed E-state index contributed by atoms with van der Waals surface area (Å²) in [5.41, 5.74) is 0.631. The van der Waals surface area contributed by atoms with E-state index in [0.29, 0.717) is 22.3 Å². The fourth-order valence-corrected chi connectivity index (χ4v) is 2.59. The summed E-state index contributed by atoms with van der Waals surface area (Å²) < 4.78 is 7.46. The maximum Gasteiger partial charge on any atom is 0.244 e. The fourth-order valence-electron chi connectivity index (χ4n) is 1.68. The number of rotatable bonds is 3. The topological polar surface area (TPSA) is 46.8 Å². The Kier molecular flexibility index (Phi) is 2.95. The zero-order valence-corrected chi connectivity index (χ0v) is 10.8. The third-order valence-electron chi connectivity index (χ3n) is 2.48. The van der Waals surface area contributed by atoms with E-state index < -0.39 is 0 Å². The molecule has 3 aromatic rings. The number of imidazole rings is 1. The van der Waals surface area contributed by atoms with Gasteiger partial charge in [-0.2, -0.15) is 4.98 Å². The molecule has 92 valence electrons. The van der Waals surface area contributed by atoms with Gasteiger partial charge in [0.05, 0.1) is 6.61 Å². The molecule has 0 unspecified atom stereocenters. The number of aliphatic hydroxyl groups excluding tert-OH is 1. The molecule has 2 heterocycles. The molecular formula is C12H9ClN2O2S. The molecule has 2 aromatic heterocycles. The summed E-state index contributed by atoms with van der Waals surface area (Å²) in [5, 5.41) is 11.9. The normalized spacial score (nSPS) is 11.0. The smallest absolute Gasteiger partial charge is 0.244 e. The molecular weight excluding hydrogens is 272 g/mol. The fraction of sp³-hybridized carbons (Fsp3) is 0.0833. The summed E-state index contributed by atoms with van der Waals surface area (Å²) in [6, 6.07) is 7.07. The quantitative estimate of drug-likeness (QED) is 0.800. The molecule has 6 heteroatoms. The number of hydrogen-bond donors (Lipinski definition) is 1. The van der Waals surface area contributed by atoms with Crippen molar-refractivity contribution in [3.05, 3.63) is 46.6 Å². The molecule has 1 N–H and O–H groups in total. The highest BCUT2D eigenvalue weighted by Gasteiger charge is 2.14. The van der Waals surface area contributed by atoms with Crippen LogP contribution in [0.4, 0.5) is 0 Å². The van der Waals surface area contributed by atoms with Gasteiger partial charge in [-0.3, -0.25) is 4.40 Å². The molecule has 0 fully saturated rings. The van der Waals surface area contributed by atoms with Crippen molar-refractivity contribution < 1.29 is 9.84 Å². The van der Waals surface area contributed by atoms with Gasteiger partial charge in [-0.05, 0) is 18.2 Å². The largest absolute Gasteiger partial charge is 0.437 e. The number of halogens is 1. The minimum Gasteiger partial charge on any atom is -0.437 e. The lowest BCUT2D eigenvalue weighted by Gasteiger charge is -2.04. The number of aromatic nitrogens is 2. The van der Waals surface area contributed by atoms with Gasteiger partial charge in [-0.25, -0.2) is 0 Å². The van der Waals surface area contributed by atoms with E-state index in [0.717, 1.165) is 4.96 Å². The van der Waals surface area contributed by atoms with Crippen molar-refractivity contribution in [3.8, 4) is 11.6 Å². The molecule has 0 atom stereocenters. The van der Waals surface area contributed by atoms with E-state index in [2.05, 4.69) is 4.98 Å². The molecule has 0 bridgehead atoms. The van der Waals surface area contributed by atoms with E-state index >= 15 is 0 Å². The van der Waals surface area contributed by atoms with Gasteiger partial charge >= 0.3 is 0 Å². The Morgan fingerprint density at radius 1 is 1.44 bits per heavy atom. The number of nitrogens with zero attached hydrogens (tertiary/aromatic N) is 2. The van der Waals surface area contributed by atoms with Gasteiger partial charge in [0.15, 0.2) is 4.96 Å². The number of hydrogen-bond acceptors (Lipinski definition) is 4. The number of thiazole rings is 1. The maximum atomic E-state index is 9.39. The lowest BCUT2D eigenvalue weighted by atomic mass is 10.3. The average Bonchev–Trinajstić information content (AvgIpc) is 2.89. The van der Waals surface area contributed by atoms with Crippen LogP contribution >= 0.6 is 22.9 Å². The van der Waals surface area contributed by atoms with Crippen LogP contribution in [0, 0.1) is 0 Å². The molecule has 0 aliphatic heterocycles. The minimum absolute atomic E-state index is 0.131. The first-order valence-electron chi connectivity index (χ1n) is 5.26. The number of fused-ring (bicyclic) bond motifs is 1. The van der Waals surface area contributed by atoms with Crippen LogP contribution in [0.15, 0.2) is 35.8 Å². The van der Waals surface area contributed by atoms with Crippen molar-refractivity contribution >= 4 is 27.9 Å². The Morgan fingerprint density at radius 3 is 3.11 bits per heavy atom. The van der Waals surface area contributed by atoms with Gasteiger partial charge in [0, 0.05) is 16.6 Å². The lowest BCUT2D eigenvalue weighted by Crippen LogP contribution is -1.93. The lowest BCUT2D eigenvalue weighted by molar-refractivity contribution is 0.270. The molecule has 0 saturated carbocycles. The Hall–Kier alpha value is -1.56. The molecule has 3 rings (SSSR count). The second-order valence-corrected chi connectivity index (χ2v) is 4.95. The SMILES string of the molecule is OCc1c(Oc2cccc(Cl)c2)nc2sccn12. The van der Waals surface area contributed by atoms with E-state index in [9.17, 15) is 5.11 Å². The van der Waals surface area contributed by atoms with Gasteiger partial charge in [0.2, 0.25) is 5.88 Å². The first kappa shape index (κ1) is 11.5. The molecule has 18 heavy (non-hydrogen) atoms.